The molecular weight excluding hydrogens is 384 g/mol. The molecule has 3 unspecified atom stereocenters. The second-order valence-corrected chi connectivity index (χ2v) is 11.6. The molecule has 0 aromatic heterocycles. The fraction of sp³-hybridized carbons (Fsp3) is 1.00. The first-order valence-corrected chi connectivity index (χ1v) is 15.6. The summed E-state index contributed by atoms with van der Waals surface area (Å²) in [7, 11) is 0. The lowest BCUT2D eigenvalue weighted by atomic mass is 9.84. The molecule has 0 N–H and O–H groups in total. The van der Waals surface area contributed by atoms with E-state index in [0.717, 1.165) is 17.8 Å². The predicted octanol–water partition coefficient (Wildman–Crippen LogP) is 12.3. The fourth-order valence-electron chi connectivity index (χ4n) is 5.19. The van der Waals surface area contributed by atoms with Crippen molar-refractivity contribution in [2.45, 2.75) is 189 Å². The van der Waals surface area contributed by atoms with Gasteiger partial charge >= 0.3 is 0 Å². The van der Waals surface area contributed by atoms with Crippen molar-refractivity contribution >= 4 is 0 Å². The van der Waals surface area contributed by atoms with Crippen molar-refractivity contribution in [1.82, 2.24) is 0 Å². The summed E-state index contributed by atoms with van der Waals surface area (Å²) in [4.78, 5) is 0. The zero-order chi connectivity index (χ0) is 23.7. The monoisotopic (exact) mass is 451 g/mol. The SMILES string of the molecule is CCCCCCCCCCCCC(C)CCC(C)C(C)CCCCCCCCCCCC. The maximum absolute atomic E-state index is 2.52. The highest BCUT2D eigenvalue weighted by Crippen LogP contribution is 2.26. The lowest BCUT2D eigenvalue weighted by Gasteiger charge is -2.21. The van der Waals surface area contributed by atoms with Gasteiger partial charge in [0.15, 0.2) is 0 Å². The third-order valence-corrected chi connectivity index (χ3v) is 8.15. The normalized spacial score (nSPS) is 14.5. The van der Waals surface area contributed by atoms with E-state index in [0.29, 0.717) is 0 Å². The summed E-state index contributed by atoms with van der Waals surface area (Å²) in [6.45, 7) is 12.2. The first kappa shape index (κ1) is 32.0. The van der Waals surface area contributed by atoms with Crippen LogP contribution < -0.4 is 0 Å². The minimum Gasteiger partial charge on any atom is -0.0654 e. The molecule has 0 fully saturated rings. The van der Waals surface area contributed by atoms with Crippen LogP contribution in [0, 0.1) is 17.8 Å². The summed E-state index contributed by atoms with van der Waals surface area (Å²) in [5, 5.41) is 0. The van der Waals surface area contributed by atoms with Gasteiger partial charge < -0.3 is 0 Å². The lowest BCUT2D eigenvalue weighted by molar-refractivity contribution is 0.301. The first-order valence-electron chi connectivity index (χ1n) is 15.6. The average Bonchev–Trinajstić information content (AvgIpc) is 2.79. The maximum Gasteiger partial charge on any atom is -0.0417 e. The molecule has 0 amide bonds. The van der Waals surface area contributed by atoms with Gasteiger partial charge in [-0.3, -0.25) is 0 Å². The van der Waals surface area contributed by atoms with E-state index in [-0.39, 0.29) is 0 Å². The Bertz CT molecular complexity index is 333. The third kappa shape index (κ3) is 23.2. The van der Waals surface area contributed by atoms with E-state index < -0.39 is 0 Å². The van der Waals surface area contributed by atoms with Gasteiger partial charge in [-0.2, -0.15) is 0 Å². The molecule has 0 aliphatic heterocycles. The highest BCUT2D eigenvalue weighted by molar-refractivity contribution is 4.65. The average molecular weight is 451 g/mol. The quantitative estimate of drug-likeness (QED) is 0.115. The Labute approximate surface area is 206 Å². The zero-order valence-electron chi connectivity index (χ0n) is 23.7. The molecule has 194 valence electrons. The second kappa shape index (κ2) is 25.6. The summed E-state index contributed by atoms with van der Waals surface area (Å²) in [5.74, 6) is 2.79. The number of hydrogen-bond donors (Lipinski definition) is 0. The Balaban J connectivity index is 3.44. The molecule has 0 aromatic carbocycles. The van der Waals surface area contributed by atoms with Gasteiger partial charge in [-0.1, -0.05) is 189 Å². The zero-order valence-corrected chi connectivity index (χ0v) is 23.7. The minimum atomic E-state index is 0.920. The molecule has 0 aromatic rings. The van der Waals surface area contributed by atoms with E-state index in [4.69, 9.17) is 0 Å². The van der Waals surface area contributed by atoms with Crippen molar-refractivity contribution in [1.29, 1.82) is 0 Å². The number of unbranched alkanes of at least 4 members (excludes halogenated alkanes) is 18. The fourth-order valence-corrected chi connectivity index (χ4v) is 5.19. The second-order valence-electron chi connectivity index (χ2n) is 11.6. The summed E-state index contributed by atoms with van der Waals surface area (Å²) in [5.41, 5.74) is 0. The largest absolute Gasteiger partial charge is 0.0654 e. The number of rotatable bonds is 26. The van der Waals surface area contributed by atoms with Crippen molar-refractivity contribution in [2.75, 3.05) is 0 Å². The summed E-state index contributed by atoms with van der Waals surface area (Å²) >= 11 is 0. The summed E-state index contributed by atoms with van der Waals surface area (Å²) in [6, 6.07) is 0. The molecule has 0 aliphatic carbocycles. The van der Waals surface area contributed by atoms with Gasteiger partial charge in [-0.05, 0) is 17.8 Å². The Hall–Kier alpha value is 0. The standard InChI is InChI=1S/C32H66/c1-6-8-10-12-14-16-18-20-22-24-26-30(3)28-29-32(5)31(4)27-25-23-21-19-17-15-13-11-9-7-2/h30-32H,6-29H2,1-5H3. The number of hydrogen-bond acceptors (Lipinski definition) is 0. The van der Waals surface area contributed by atoms with Gasteiger partial charge in [-0.25, -0.2) is 0 Å². The Morgan fingerprint density at radius 2 is 0.625 bits per heavy atom. The predicted molar refractivity (Wildman–Crippen MR) is 150 cm³/mol. The van der Waals surface area contributed by atoms with E-state index in [1.807, 2.05) is 0 Å². The molecule has 0 heterocycles. The Morgan fingerprint density at radius 3 is 1.03 bits per heavy atom. The van der Waals surface area contributed by atoms with Crippen molar-refractivity contribution in [3.8, 4) is 0 Å². The Kier molecular flexibility index (Phi) is 25.6. The van der Waals surface area contributed by atoms with Gasteiger partial charge in [0.2, 0.25) is 0 Å². The van der Waals surface area contributed by atoms with Gasteiger partial charge in [0.05, 0.1) is 0 Å². The van der Waals surface area contributed by atoms with E-state index >= 15 is 0 Å². The van der Waals surface area contributed by atoms with E-state index in [1.165, 1.54) is 154 Å². The van der Waals surface area contributed by atoms with Gasteiger partial charge in [0.25, 0.3) is 0 Å². The maximum atomic E-state index is 2.52. The van der Waals surface area contributed by atoms with Crippen molar-refractivity contribution in [3.63, 3.8) is 0 Å². The molecule has 0 saturated heterocycles. The molecule has 0 aliphatic rings. The van der Waals surface area contributed by atoms with E-state index in [1.54, 1.807) is 0 Å². The molecule has 0 bridgehead atoms. The molecule has 0 nitrogen and oxygen atoms in total. The molecule has 0 radical (unpaired) electrons. The third-order valence-electron chi connectivity index (χ3n) is 8.15. The van der Waals surface area contributed by atoms with Crippen LogP contribution >= 0.6 is 0 Å². The Morgan fingerprint density at radius 1 is 0.312 bits per heavy atom. The summed E-state index contributed by atoms with van der Waals surface area (Å²) < 4.78 is 0. The topological polar surface area (TPSA) is 0 Å². The van der Waals surface area contributed by atoms with E-state index in [2.05, 4.69) is 34.6 Å². The molecule has 0 heteroatoms. The molecule has 32 heavy (non-hydrogen) atoms. The van der Waals surface area contributed by atoms with Crippen LogP contribution in [0.15, 0.2) is 0 Å². The molecule has 0 saturated carbocycles. The molecule has 3 atom stereocenters. The van der Waals surface area contributed by atoms with Crippen molar-refractivity contribution in [2.24, 2.45) is 17.8 Å². The van der Waals surface area contributed by atoms with Crippen LogP contribution in [0.5, 0.6) is 0 Å². The van der Waals surface area contributed by atoms with Crippen LogP contribution in [-0.4, -0.2) is 0 Å². The van der Waals surface area contributed by atoms with Crippen LogP contribution in [0.3, 0.4) is 0 Å². The highest BCUT2D eigenvalue weighted by Gasteiger charge is 2.13. The minimum absolute atomic E-state index is 0.920. The first-order chi connectivity index (χ1) is 15.6. The van der Waals surface area contributed by atoms with Crippen LogP contribution in [-0.2, 0) is 0 Å². The van der Waals surface area contributed by atoms with E-state index in [9.17, 15) is 0 Å². The van der Waals surface area contributed by atoms with Crippen LogP contribution in [0.2, 0.25) is 0 Å². The van der Waals surface area contributed by atoms with Crippen molar-refractivity contribution < 1.29 is 0 Å². The van der Waals surface area contributed by atoms with Gasteiger partial charge in [-0.15, -0.1) is 0 Å². The molecule has 0 rings (SSSR count). The van der Waals surface area contributed by atoms with Crippen molar-refractivity contribution in [3.05, 3.63) is 0 Å². The molecular formula is C32H66. The van der Waals surface area contributed by atoms with Gasteiger partial charge in [0, 0.05) is 0 Å². The summed E-state index contributed by atoms with van der Waals surface area (Å²) in [6.07, 6.45) is 35.1. The molecule has 0 spiro atoms. The van der Waals surface area contributed by atoms with Crippen LogP contribution in [0.25, 0.3) is 0 Å². The van der Waals surface area contributed by atoms with Crippen LogP contribution in [0.1, 0.15) is 189 Å². The highest BCUT2D eigenvalue weighted by atomic mass is 14.2. The lowest BCUT2D eigenvalue weighted by Crippen LogP contribution is -2.10. The smallest absolute Gasteiger partial charge is 0.0417 e. The van der Waals surface area contributed by atoms with Crippen LogP contribution in [0.4, 0.5) is 0 Å². The van der Waals surface area contributed by atoms with Gasteiger partial charge in [0.1, 0.15) is 0 Å².